The highest BCUT2D eigenvalue weighted by molar-refractivity contribution is 5.56. The van der Waals surface area contributed by atoms with E-state index in [0.29, 0.717) is 22.6 Å². The van der Waals surface area contributed by atoms with Crippen LogP contribution < -0.4 is 23.7 Å². The average Bonchev–Trinajstić information content (AvgIpc) is 2.88. The maximum absolute atomic E-state index is 11.0. The van der Waals surface area contributed by atoms with Gasteiger partial charge in [-0.2, -0.15) is 0 Å². The Balaban J connectivity index is 1.67. The fourth-order valence-corrected chi connectivity index (χ4v) is 4.31. The van der Waals surface area contributed by atoms with E-state index < -0.39 is 49.5 Å². The molecule has 2 unspecified atom stereocenters. The van der Waals surface area contributed by atoms with Gasteiger partial charge >= 0.3 is 0 Å². The number of aliphatic hydroxyl groups excluding tert-OH is 5. The molecule has 0 aliphatic carbocycles. The molecule has 0 saturated carbocycles. The van der Waals surface area contributed by atoms with Crippen LogP contribution in [0.2, 0.25) is 0 Å². The molecule has 2 aliphatic heterocycles. The number of methoxy groups -OCH3 is 3. The summed E-state index contributed by atoms with van der Waals surface area (Å²) in [4.78, 5) is 0. The number of rotatable bonds is 7. The van der Waals surface area contributed by atoms with Crippen molar-refractivity contribution in [2.75, 3.05) is 27.9 Å². The van der Waals surface area contributed by atoms with Gasteiger partial charge in [-0.3, -0.25) is 0 Å². The zero-order valence-electron chi connectivity index (χ0n) is 19.9. The zero-order chi connectivity index (χ0) is 26.1. The van der Waals surface area contributed by atoms with Crippen LogP contribution in [0.15, 0.2) is 24.3 Å². The summed E-state index contributed by atoms with van der Waals surface area (Å²) in [6, 6.07) is 6.16. The number of benzene rings is 2. The zero-order valence-corrected chi connectivity index (χ0v) is 19.9. The number of fused-ring (bicyclic) bond motifs is 1. The molecule has 36 heavy (non-hydrogen) atoms. The van der Waals surface area contributed by atoms with Gasteiger partial charge in [0, 0.05) is 29.7 Å². The van der Waals surface area contributed by atoms with Crippen LogP contribution in [0.3, 0.4) is 0 Å². The van der Waals surface area contributed by atoms with Gasteiger partial charge in [0.15, 0.2) is 17.6 Å². The molecule has 2 heterocycles. The Morgan fingerprint density at radius 3 is 2.11 bits per heavy atom. The van der Waals surface area contributed by atoms with Gasteiger partial charge in [-0.15, -0.1) is 0 Å². The Labute approximate surface area is 206 Å². The minimum Gasteiger partial charge on any atom is -0.502 e. The largest absolute Gasteiger partial charge is 0.502 e. The molecule has 198 valence electrons. The van der Waals surface area contributed by atoms with Gasteiger partial charge in [-0.25, -0.2) is 0 Å². The monoisotopic (exact) mass is 510 g/mol. The SMILES string of the molecule is COc1cc(O[C@@H]2OC(CO)[C@@H](O)[C@H](O)C2O)c2c(c1)O[C@H](c1cc(OC)c(O)c(OC)c1)[C@@H](O)C2. The summed E-state index contributed by atoms with van der Waals surface area (Å²) in [5, 5.41) is 61.2. The maximum Gasteiger partial charge on any atom is 0.229 e. The summed E-state index contributed by atoms with van der Waals surface area (Å²) in [6.07, 6.45) is -9.23. The lowest BCUT2D eigenvalue weighted by Gasteiger charge is -2.40. The Bertz CT molecular complexity index is 1050. The second-order valence-corrected chi connectivity index (χ2v) is 8.50. The summed E-state index contributed by atoms with van der Waals surface area (Å²) < 4.78 is 33.2. The number of phenols is 1. The first-order chi connectivity index (χ1) is 17.2. The van der Waals surface area contributed by atoms with Crippen LogP contribution in [0.5, 0.6) is 34.5 Å². The smallest absolute Gasteiger partial charge is 0.229 e. The maximum atomic E-state index is 11.0. The van der Waals surface area contributed by atoms with Crippen molar-refractivity contribution in [3.05, 3.63) is 35.4 Å². The second-order valence-electron chi connectivity index (χ2n) is 8.50. The van der Waals surface area contributed by atoms with E-state index in [-0.39, 0.29) is 29.4 Å². The van der Waals surface area contributed by atoms with Gasteiger partial charge in [0.2, 0.25) is 12.0 Å². The summed E-state index contributed by atoms with van der Waals surface area (Å²) in [7, 11) is 4.21. The van der Waals surface area contributed by atoms with Gasteiger partial charge in [0.1, 0.15) is 41.7 Å². The number of hydrogen-bond acceptors (Lipinski definition) is 12. The van der Waals surface area contributed by atoms with E-state index in [9.17, 15) is 30.6 Å². The average molecular weight is 510 g/mol. The highest BCUT2D eigenvalue weighted by Crippen LogP contribution is 2.46. The standard InChI is InChI=1S/C24H30O12/c1-31-11-6-14-12(15(7-11)35-24-22(30)21(29)20(28)18(9-25)36-24)8-13(26)23(34-14)10-4-16(32-2)19(27)17(5-10)33-3/h4-7,13,18,20-30H,8-9H2,1-3H3/t13-,18?,20+,21-,22?,23+,24+/m0/s1. The molecule has 2 aromatic carbocycles. The van der Waals surface area contributed by atoms with Crippen molar-refractivity contribution in [3.63, 3.8) is 0 Å². The molecule has 0 bridgehead atoms. The first-order valence-electron chi connectivity index (χ1n) is 11.2. The Hall–Kier alpha value is -3.00. The van der Waals surface area contributed by atoms with Gasteiger partial charge in [-0.1, -0.05) is 0 Å². The molecule has 7 atom stereocenters. The third kappa shape index (κ3) is 4.71. The summed E-state index contributed by atoms with van der Waals surface area (Å²) in [6.45, 7) is -0.607. The van der Waals surface area contributed by atoms with E-state index in [1.165, 1.54) is 39.5 Å². The fraction of sp³-hybridized carbons (Fsp3) is 0.500. The molecule has 0 aromatic heterocycles. The van der Waals surface area contributed by atoms with E-state index >= 15 is 0 Å². The van der Waals surface area contributed by atoms with Gasteiger partial charge in [0.25, 0.3) is 0 Å². The fourth-order valence-electron chi connectivity index (χ4n) is 4.31. The molecule has 0 amide bonds. The number of aliphatic hydroxyl groups is 5. The molecule has 12 nitrogen and oxygen atoms in total. The second kappa shape index (κ2) is 10.5. The molecule has 0 radical (unpaired) electrons. The molecule has 1 saturated heterocycles. The van der Waals surface area contributed by atoms with Crippen molar-refractivity contribution in [1.29, 1.82) is 0 Å². The molecular weight excluding hydrogens is 480 g/mol. The van der Waals surface area contributed by atoms with Crippen LogP contribution >= 0.6 is 0 Å². The van der Waals surface area contributed by atoms with Crippen LogP contribution in [0.25, 0.3) is 0 Å². The topological polar surface area (TPSA) is 177 Å². The van der Waals surface area contributed by atoms with Crippen molar-refractivity contribution in [3.8, 4) is 34.5 Å². The van der Waals surface area contributed by atoms with Crippen LogP contribution in [-0.2, 0) is 11.2 Å². The first kappa shape index (κ1) is 26.1. The minimum atomic E-state index is -1.62. The summed E-state index contributed by atoms with van der Waals surface area (Å²) in [5.41, 5.74) is 0.924. The minimum absolute atomic E-state index is 0.0578. The van der Waals surface area contributed by atoms with Crippen LogP contribution in [0.1, 0.15) is 17.2 Å². The third-order valence-electron chi connectivity index (χ3n) is 6.32. The van der Waals surface area contributed by atoms with Crippen molar-refractivity contribution >= 4 is 0 Å². The lowest BCUT2D eigenvalue weighted by atomic mass is 9.93. The number of phenolic OH excluding ortho intramolecular Hbond substituents is 1. The van der Waals surface area contributed by atoms with E-state index in [0.717, 1.165) is 0 Å². The lowest BCUT2D eigenvalue weighted by molar-refractivity contribution is -0.277. The van der Waals surface area contributed by atoms with Crippen molar-refractivity contribution < 1.29 is 59.1 Å². The number of hydrogen-bond donors (Lipinski definition) is 6. The van der Waals surface area contributed by atoms with E-state index in [4.69, 9.17) is 28.4 Å². The highest BCUT2D eigenvalue weighted by atomic mass is 16.7. The van der Waals surface area contributed by atoms with E-state index in [2.05, 4.69) is 0 Å². The quantitative estimate of drug-likeness (QED) is 0.285. The molecule has 0 spiro atoms. The molecule has 6 N–H and O–H groups in total. The van der Waals surface area contributed by atoms with E-state index in [1.807, 2.05) is 0 Å². The molecular formula is C24H30O12. The lowest BCUT2D eigenvalue weighted by Crippen LogP contribution is -2.60. The van der Waals surface area contributed by atoms with Crippen molar-refractivity contribution in [2.24, 2.45) is 0 Å². The molecule has 2 aliphatic rings. The van der Waals surface area contributed by atoms with Crippen molar-refractivity contribution in [2.45, 2.75) is 49.3 Å². The summed E-state index contributed by atoms with van der Waals surface area (Å²) >= 11 is 0. The van der Waals surface area contributed by atoms with Gasteiger partial charge < -0.3 is 59.1 Å². The molecule has 4 rings (SSSR count). The third-order valence-corrected chi connectivity index (χ3v) is 6.32. The summed E-state index contributed by atoms with van der Waals surface area (Å²) in [5.74, 6) is 0.893. The highest BCUT2D eigenvalue weighted by Gasteiger charge is 2.45. The molecule has 12 heteroatoms. The van der Waals surface area contributed by atoms with Crippen LogP contribution in [0, 0.1) is 0 Å². The Morgan fingerprint density at radius 1 is 0.861 bits per heavy atom. The van der Waals surface area contributed by atoms with E-state index in [1.54, 1.807) is 6.07 Å². The Kier molecular flexibility index (Phi) is 7.64. The number of aromatic hydroxyl groups is 1. The first-order valence-corrected chi connectivity index (χ1v) is 11.2. The predicted octanol–water partition coefficient (Wildman–Crippen LogP) is -0.366. The predicted molar refractivity (Wildman–Crippen MR) is 122 cm³/mol. The van der Waals surface area contributed by atoms with Gasteiger partial charge in [-0.05, 0) is 12.1 Å². The normalized spacial score (nSPS) is 29.6. The Morgan fingerprint density at radius 2 is 1.53 bits per heavy atom. The van der Waals surface area contributed by atoms with Crippen LogP contribution in [-0.4, -0.2) is 95.4 Å². The molecule has 1 fully saturated rings. The van der Waals surface area contributed by atoms with Gasteiger partial charge in [0.05, 0.1) is 34.0 Å². The number of ether oxygens (including phenoxy) is 6. The molecule has 2 aromatic rings. The van der Waals surface area contributed by atoms with Crippen molar-refractivity contribution in [1.82, 2.24) is 0 Å². The van der Waals surface area contributed by atoms with Crippen LogP contribution in [0.4, 0.5) is 0 Å².